The highest BCUT2D eigenvalue weighted by molar-refractivity contribution is 9.10. The topological polar surface area (TPSA) is 76.5 Å². The van der Waals surface area contributed by atoms with Crippen molar-refractivity contribution in [3.63, 3.8) is 0 Å². The Morgan fingerprint density at radius 3 is 3.00 bits per heavy atom. The van der Waals surface area contributed by atoms with Crippen LogP contribution in [0.25, 0.3) is 11.0 Å². The summed E-state index contributed by atoms with van der Waals surface area (Å²) in [6.07, 6.45) is 2.12. The molecule has 0 amide bonds. The van der Waals surface area contributed by atoms with Crippen LogP contribution in [-0.2, 0) is 4.79 Å². The highest BCUT2D eigenvalue weighted by atomic mass is 79.9. The lowest BCUT2D eigenvalue weighted by atomic mass is 10.0. The number of fused-ring (bicyclic) bond motifs is 1. The van der Waals surface area contributed by atoms with Gasteiger partial charge in [-0.3, -0.25) is 4.79 Å². The van der Waals surface area contributed by atoms with Crippen molar-refractivity contribution in [2.75, 3.05) is 0 Å². The lowest BCUT2D eigenvalue weighted by molar-refractivity contribution is -0.137. The molecule has 1 aromatic carbocycles. The Bertz CT molecular complexity index is 550. The van der Waals surface area contributed by atoms with Crippen LogP contribution in [0.3, 0.4) is 0 Å². The molecule has 2 rings (SSSR count). The van der Waals surface area contributed by atoms with Gasteiger partial charge in [0.1, 0.15) is 11.8 Å². The summed E-state index contributed by atoms with van der Waals surface area (Å²) >= 11 is 3.38. The van der Waals surface area contributed by atoms with E-state index in [0.29, 0.717) is 6.42 Å². The highest BCUT2D eigenvalue weighted by Crippen LogP contribution is 2.29. The number of hydrogen-bond donors (Lipinski definition) is 2. The molecule has 1 heterocycles. The molecule has 0 saturated carbocycles. The minimum absolute atomic E-state index is 0.0752. The summed E-state index contributed by atoms with van der Waals surface area (Å²) < 4.78 is 6.17. The molecule has 1 unspecified atom stereocenters. The summed E-state index contributed by atoms with van der Waals surface area (Å²) in [5, 5.41) is 9.57. The van der Waals surface area contributed by atoms with E-state index in [1.54, 1.807) is 6.26 Å². The van der Waals surface area contributed by atoms with Gasteiger partial charge in [0.2, 0.25) is 0 Å². The molecule has 17 heavy (non-hydrogen) atoms. The van der Waals surface area contributed by atoms with Crippen LogP contribution >= 0.6 is 15.9 Å². The predicted octanol–water partition coefficient (Wildman–Crippen LogP) is 3.06. The van der Waals surface area contributed by atoms with E-state index in [1.807, 2.05) is 18.2 Å². The van der Waals surface area contributed by atoms with Gasteiger partial charge < -0.3 is 15.3 Å². The number of furan rings is 1. The number of nitrogens with two attached hydrogens (primary N) is 1. The largest absolute Gasteiger partial charge is 0.481 e. The Balaban J connectivity index is 2.23. The van der Waals surface area contributed by atoms with Crippen molar-refractivity contribution in [2.24, 2.45) is 5.73 Å². The second-order valence-electron chi connectivity index (χ2n) is 3.88. The minimum atomic E-state index is -0.828. The molecule has 3 N–H and O–H groups in total. The number of carboxylic acid groups (broad SMARTS) is 1. The Kier molecular flexibility index (Phi) is 3.49. The molecule has 0 saturated heterocycles. The zero-order chi connectivity index (χ0) is 12.4. The molecule has 1 atom stereocenters. The molecule has 2 aromatic rings. The standard InChI is InChI=1S/C12H12BrNO3/c13-9-6-17-11-3-1-7(5-8(9)11)10(14)2-4-12(15)16/h1,3,5-6,10H,2,4,14H2,(H,15,16). The Morgan fingerprint density at radius 1 is 1.53 bits per heavy atom. The summed E-state index contributed by atoms with van der Waals surface area (Å²) in [5.41, 5.74) is 7.64. The van der Waals surface area contributed by atoms with Crippen molar-refractivity contribution in [3.8, 4) is 0 Å². The minimum Gasteiger partial charge on any atom is -0.481 e. The molecule has 0 spiro atoms. The van der Waals surface area contributed by atoms with Crippen LogP contribution in [0.4, 0.5) is 0 Å². The van der Waals surface area contributed by atoms with Gasteiger partial charge in [-0.25, -0.2) is 0 Å². The summed E-state index contributed by atoms with van der Waals surface area (Å²) in [6.45, 7) is 0. The Hall–Kier alpha value is -1.33. The highest BCUT2D eigenvalue weighted by Gasteiger charge is 2.11. The van der Waals surface area contributed by atoms with Crippen molar-refractivity contribution < 1.29 is 14.3 Å². The number of aliphatic carboxylic acids is 1. The second kappa shape index (κ2) is 4.89. The normalized spacial score (nSPS) is 12.8. The van der Waals surface area contributed by atoms with E-state index < -0.39 is 5.97 Å². The molecule has 0 aliphatic carbocycles. The van der Waals surface area contributed by atoms with Crippen LogP contribution in [0.1, 0.15) is 24.4 Å². The average molecular weight is 298 g/mol. The van der Waals surface area contributed by atoms with E-state index in [-0.39, 0.29) is 12.5 Å². The summed E-state index contributed by atoms with van der Waals surface area (Å²) in [4.78, 5) is 10.5. The molecule has 4 nitrogen and oxygen atoms in total. The van der Waals surface area contributed by atoms with Crippen molar-refractivity contribution in [1.29, 1.82) is 0 Å². The van der Waals surface area contributed by atoms with Crippen LogP contribution in [0.5, 0.6) is 0 Å². The van der Waals surface area contributed by atoms with E-state index in [4.69, 9.17) is 15.3 Å². The third-order valence-corrected chi connectivity index (χ3v) is 3.26. The first-order valence-electron chi connectivity index (χ1n) is 5.22. The fraction of sp³-hybridized carbons (Fsp3) is 0.250. The van der Waals surface area contributed by atoms with Gasteiger partial charge >= 0.3 is 5.97 Å². The molecular formula is C12H12BrNO3. The van der Waals surface area contributed by atoms with Crippen LogP contribution < -0.4 is 5.73 Å². The molecule has 0 aliphatic rings. The average Bonchev–Trinajstić information content (AvgIpc) is 2.67. The summed E-state index contributed by atoms with van der Waals surface area (Å²) in [5.74, 6) is -0.828. The maximum atomic E-state index is 10.5. The Labute approximate surface area is 107 Å². The maximum absolute atomic E-state index is 10.5. The van der Waals surface area contributed by atoms with E-state index in [0.717, 1.165) is 21.0 Å². The van der Waals surface area contributed by atoms with Crippen molar-refractivity contribution in [1.82, 2.24) is 0 Å². The molecule has 0 aliphatic heterocycles. The quantitative estimate of drug-likeness (QED) is 0.909. The fourth-order valence-electron chi connectivity index (χ4n) is 1.69. The maximum Gasteiger partial charge on any atom is 0.303 e. The van der Waals surface area contributed by atoms with Crippen LogP contribution in [0.2, 0.25) is 0 Å². The van der Waals surface area contributed by atoms with Gasteiger partial charge in [-0.05, 0) is 40.0 Å². The first-order valence-corrected chi connectivity index (χ1v) is 6.01. The lowest BCUT2D eigenvalue weighted by Gasteiger charge is -2.10. The van der Waals surface area contributed by atoms with Crippen LogP contribution in [-0.4, -0.2) is 11.1 Å². The molecule has 0 radical (unpaired) electrons. The van der Waals surface area contributed by atoms with E-state index in [1.165, 1.54) is 0 Å². The number of hydrogen-bond acceptors (Lipinski definition) is 3. The molecule has 1 aromatic heterocycles. The first kappa shape index (κ1) is 12.1. The van der Waals surface area contributed by atoms with Crippen molar-refractivity contribution >= 4 is 32.9 Å². The monoisotopic (exact) mass is 297 g/mol. The van der Waals surface area contributed by atoms with E-state index in [9.17, 15) is 4.79 Å². The molecule has 0 bridgehead atoms. The van der Waals surface area contributed by atoms with Crippen LogP contribution in [0.15, 0.2) is 33.4 Å². The van der Waals surface area contributed by atoms with Gasteiger partial charge in [0, 0.05) is 17.8 Å². The van der Waals surface area contributed by atoms with Gasteiger partial charge in [0.05, 0.1) is 4.47 Å². The Morgan fingerprint density at radius 2 is 2.29 bits per heavy atom. The lowest BCUT2D eigenvalue weighted by Crippen LogP contribution is -2.12. The molecule has 90 valence electrons. The van der Waals surface area contributed by atoms with Gasteiger partial charge in [0.25, 0.3) is 0 Å². The SMILES string of the molecule is NC(CCC(=O)O)c1ccc2occ(Br)c2c1. The second-order valence-corrected chi connectivity index (χ2v) is 4.73. The van der Waals surface area contributed by atoms with Crippen molar-refractivity contribution in [3.05, 3.63) is 34.5 Å². The van der Waals surface area contributed by atoms with Crippen molar-refractivity contribution in [2.45, 2.75) is 18.9 Å². The van der Waals surface area contributed by atoms with Gasteiger partial charge in [0.15, 0.2) is 0 Å². The third kappa shape index (κ3) is 2.68. The van der Waals surface area contributed by atoms with Gasteiger partial charge in [-0.2, -0.15) is 0 Å². The van der Waals surface area contributed by atoms with Gasteiger partial charge in [-0.1, -0.05) is 6.07 Å². The number of carbonyl (C=O) groups is 1. The molecular weight excluding hydrogens is 286 g/mol. The number of rotatable bonds is 4. The summed E-state index contributed by atoms with van der Waals surface area (Å²) in [7, 11) is 0. The van der Waals surface area contributed by atoms with E-state index >= 15 is 0 Å². The molecule has 0 fully saturated rings. The predicted molar refractivity (Wildman–Crippen MR) is 67.7 cm³/mol. The fourth-order valence-corrected chi connectivity index (χ4v) is 2.10. The first-order chi connectivity index (χ1) is 8.08. The van der Waals surface area contributed by atoms with E-state index in [2.05, 4.69) is 15.9 Å². The third-order valence-electron chi connectivity index (χ3n) is 2.65. The summed E-state index contributed by atoms with van der Waals surface area (Å²) in [6, 6.07) is 5.37. The van der Waals surface area contributed by atoms with Crippen LogP contribution in [0, 0.1) is 0 Å². The van der Waals surface area contributed by atoms with Gasteiger partial charge in [-0.15, -0.1) is 0 Å². The number of halogens is 1. The number of benzene rings is 1. The smallest absolute Gasteiger partial charge is 0.303 e. The zero-order valence-electron chi connectivity index (χ0n) is 9.02. The zero-order valence-corrected chi connectivity index (χ0v) is 10.6. The number of carboxylic acids is 1. The molecule has 5 heteroatoms.